The van der Waals surface area contributed by atoms with Crippen LogP contribution in [0.15, 0.2) is 6.20 Å². The van der Waals surface area contributed by atoms with Crippen LogP contribution >= 0.6 is 0 Å². The van der Waals surface area contributed by atoms with Gasteiger partial charge in [0.1, 0.15) is 0 Å². The van der Waals surface area contributed by atoms with Crippen molar-refractivity contribution >= 4 is 0 Å². The second-order valence-corrected chi connectivity index (χ2v) is 4.81. The average Bonchev–Trinajstić information content (AvgIpc) is 2.48. The summed E-state index contributed by atoms with van der Waals surface area (Å²) in [6.07, 6.45) is 5.94. The van der Waals surface area contributed by atoms with Crippen LogP contribution in [-0.2, 0) is 7.05 Å². The quantitative estimate of drug-likeness (QED) is 0.833. The Bertz CT molecular complexity index is 354. The average molecular weight is 222 g/mol. The highest BCUT2D eigenvalue weighted by atomic mass is 15.3. The molecular weight excluding hydrogens is 200 g/mol. The molecule has 0 aromatic carbocycles. The molecule has 1 aliphatic carbocycles. The highest BCUT2D eigenvalue weighted by Gasteiger charge is 2.29. The van der Waals surface area contributed by atoms with Gasteiger partial charge in [-0.2, -0.15) is 5.10 Å². The molecule has 1 aromatic rings. The van der Waals surface area contributed by atoms with Crippen molar-refractivity contribution in [2.24, 2.45) is 12.8 Å². The lowest BCUT2D eigenvalue weighted by molar-refractivity contribution is 0.113. The Morgan fingerprint density at radius 3 is 2.69 bits per heavy atom. The van der Waals surface area contributed by atoms with Crippen molar-refractivity contribution in [3.05, 3.63) is 17.5 Å². The number of nitrogens with zero attached hydrogens (tertiary/aromatic N) is 3. The van der Waals surface area contributed by atoms with Crippen LogP contribution in [0, 0.1) is 6.92 Å². The third kappa shape index (κ3) is 1.87. The van der Waals surface area contributed by atoms with Crippen molar-refractivity contribution in [1.29, 1.82) is 0 Å². The van der Waals surface area contributed by atoms with E-state index in [1.54, 1.807) is 0 Å². The molecule has 1 aliphatic rings. The van der Waals surface area contributed by atoms with Crippen LogP contribution in [0.5, 0.6) is 0 Å². The molecule has 2 rings (SSSR count). The van der Waals surface area contributed by atoms with Crippen molar-refractivity contribution in [2.45, 2.75) is 38.3 Å². The van der Waals surface area contributed by atoms with Crippen molar-refractivity contribution in [3.63, 3.8) is 0 Å². The minimum atomic E-state index is 0.319. The molecule has 0 aliphatic heterocycles. The number of rotatable bonds is 4. The molecule has 90 valence electrons. The first kappa shape index (κ1) is 11.6. The van der Waals surface area contributed by atoms with Gasteiger partial charge in [-0.05, 0) is 26.8 Å². The largest absolute Gasteiger partial charge is 0.329 e. The van der Waals surface area contributed by atoms with Gasteiger partial charge in [-0.3, -0.25) is 9.58 Å². The minimum absolute atomic E-state index is 0.319. The van der Waals surface area contributed by atoms with Crippen molar-refractivity contribution in [3.8, 4) is 0 Å². The van der Waals surface area contributed by atoms with Gasteiger partial charge in [-0.1, -0.05) is 6.42 Å². The van der Waals surface area contributed by atoms with Gasteiger partial charge in [0.25, 0.3) is 0 Å². The summed E-state index contributed by atoms with van der Waals surface area (Å²) in [5.74, 6) is 0. The van der Waals surface area contributed by atoms with Crippen LogP contribution in [0.3, 0.4) is 0 Å². The topological polar surface area (TPSA) is 47.1 Å². The van der Waals surface area contributed by atoms with Gasteiger partial charge in [-0.25, -0.2) is 0 Å². The summed E-state index contributed by atoms with van der Waals surface area (Å²) in [5, 5.41) is 4.31. The molecule has 1 unspecified atom stereocenters. The minimum Gasteiger partial charge on any atom is -0.329 e. The van der Waals surface area contributed by atoms with Crippen molar-refractivity contribution < 1.29 is 0 Å². The summed E-state index contributed by atoms with van der Waals surface area (Å²) in [5.41, 5.74) is 8.42. The molecule has 0 saturated heterocycles. The maximum Gasteiger partial charge on any atom is 0.0540 e. The molecule has 1 saturated carbocycles. The fourth-order valence-corrected chi connectivity index (χ4v) is 2.40. The van der Waals surface area contributed by atoms with Gasteiger partial charge in [0.05, 0.1) is 12.2 Å². The summed E-state index contributed by atoms with van der Waals surface area (Å²) in [6.45, 7) is 2.78. The van der Waals surface area contributed by atoms with Gasteiger partial charge in [0, 0.05) is 30.9 Å². The van der Waals surface area contributed by atoms with Crippen LogP contribution in [0.25, 0.3) is 0 Å². The lowest BCUT2D eigenvalue weighted by atomic mass is 9.90. The van der Waals surface area contributed by atoms with Crippen LogP contribution in [-0.4, -0.2) is 34.3 Å². The van der Waals surface area contributed by atoms with E-state index in [2.05, 4.69) is 24.0 Å². The first-order valence-corrected chi connectivity index (χ1v) is 6.05. The molecule has 2 N–H and O–H groups in total. The maximum atomic E-state index is 5.92. The fraction of sp³-hybridized carbons (Fsp3) is 0.750. The Morgan fingerprint density at radius 2 is 2.31 bits per heavy atom. The molecule has 1 heterocycles. The predicted molar refractivity (Wildman–Crippen MR) is 65.1 cm³/mol. The van der Waals surface area contributed by atoms with E-state index in [1.807, 2.05) is 17.9 Å². The summed E-state index contributed by atoms with van der Waals surface area (Å²) >= 11 is 0. The zero-order chi connectivity index (χ0) is 11.7. The van der Waals surface area contributed by atoms with E-state index in [-0.39, 0.29) is 0 Å². The second-order valence-electron chi connectivity index (χ2n) is 4.81. The Kier molecular flexibility index (Phi) is 3.30. The highest BCUT2D eigenvalue weighted by Crippen LogP contribution is 2.31. The van der Waals surface area contributed by atoms with Crippen LogP contribution in [0.4, 0.5) is 0 Å². The lowest BCUT2D eigenvalue weighted by Crippen LogP contribution is -2.42. The third-order valence-corrected chi connectivity index (χ3v) is 4.00. The van der Waals surface area contributed by atoms with E-state index in [4.69, 9.17) is 5.73 Å². The first-order valence-electron chi connectivity index (χ1n) is 6.05. The van der Waals surface area contributed by atoms with Gasteiger partial charge in [0.2, 0.25) is 0 Å². The normalized spacial score (nSPS) is 18.8. The standard InChI is InChI=1S/C12H22N4/c1-9-11(8-14-16(9)3)12(7-13)15(2)10-5-4-6-10/h8,10,12H,4-7,13H2,1-3H3. The summed E-state index contributed by atoms with van der Waals surface area (Å²) in [7, 11) is 4.17. The van der Waals surface area contributed by atoms with Gasteiger partial charge in [-0.15, -0.1) is 0 Å². The maximum absolute atomic E-state index is 5.92. The highest BCUT2D eigenvalue weighted by molar-refractivity contribution is 5.21. The molecule has 1 aromatic heterocycles. The number of likely N-dealkylation sites (N-methyl/N-ethyl adjacent to an activating group) is 1. The monoisotopic (exact) mass is 222 g/mol. The Hall–Kier alpha value is -0.870. The molecule has 16 heavy (non-hydrogen) atoms. The molecular formula is C12H22N4. The van der Waals surface area contributed by atoms with E-state index in [0.29, 0.717) is 18.6 Å². The Labute approximate surface area is 97.4 Å². The molecule has 4 heteroatoms. The van der Waals surface area contributed by atoms with E-state index in [9.17, 15) is 0 Å². The van der Waals surface area contributed by atoms with E-state index >= 15 is 0 Å². The molecule has 0 bridgehead atoms. The van der Waals surface area contributed by atoms with Gasteiger partial charge >= 0.3 is 0 Å². The molecule has 1 fully saturated rings. The number of aromatic nitrogens is 2. The Morgan fingerprint density at radius 1 is 1.62 bits per heavy atom. The van der Waals surface area contributed by atoms with E-state index in [0.717, 1.165) is 0 Å². The number of hydrogen-bond acceptors (Lipinski definition) is 3. The van der Waals surface area contributed by atoms with Crippen LogP contribution in [0.1, 0.15) is 36.6 Å². The summed E-state index contributed by atoms with van der Waals surface area (Å²) in [4.78, 5) is 2.42. The molecule has 1 atom stereocenters. The fourth-order valence-electron chi connectivity index (χ4n) is 2.40. The van der Waals surface area contributed by atoms with Crippen LogP contribution < -0.4 is 5.73 Å². The van der Waals surface area contributed by atoms with Crippen LogP contribution in [0.2, 0.25) is 0 Å². The zero-order valence-electron chi connectivity index (χ0n) is 10.5. The third-order valence-electron chi connectivity index (χ3n) is 4.00. The molecule has 0 amide bonds. The Balaban J connectivity index is 2.18. The molecule has 4 nitrogen and oxygen atoms in total. The van der Waals surface area contributed by atoms with Crippen molar-refractivity contribution in [2.75, 3.05) is 13.6 Å². The number of hydrogen-bond donors (Lipinski definition) is 1. The van der Waals surface area contributed by atoms with E-state index < -0.39 is 0 Å². The SMILES string of the molecule is Cc1c(C(CN)N(C)C2CCC2)cnn1C. The molecule has 0 spiro atoms. The molecule has 0 radical (unpaired) electrons. The van der Waals surface area contributed by atoms with E-state index in [1.165, 1.54) is 30.5 Å². The second kappa shape index (κ2) is 4.55. The van der Waals surface area contributed by atoms with Gasteiger partial charge in [0.15, 0.2) is 0 Å². The number of aryl methyl sites for hydroxylation is 1. The number of nitrogens with two attached hydrogens (primary N) is 1. The lowest BCUT2D eigenvalue weighted by Gasteiger charge is -2.39. The summed E-state index contributed by atoms with van der Waals surface area (Å²) < 4.78 is 1.92. The zero-order valence-corrected chi connectivity index (χ0v) is 10.5. The van der Waals surface area contributed by atoms with Gasteiger partial charge < -0.3 is 5.73 Å². The van der Waals surface area contributed by atoms with Crippen molar-refractivity contribution in [1.82, 2.24) is 14.7 Å². The first-order chi connectivity index (χ1) is 7.65. The predicted octanol–water partition coefficient (Wildman–Crippen LogP) is 1.21. The smallest absolute Gasteiger partial charge is 0.0540 e. The summed E-state index contributed by atoms with van der Waals surface area (Å²) in [6, 6.07) is 1.03.